The van der Waals surface area contributed by atoms with E-state index in [2.05, 4.69) is 4.98 Å². The van der Waals surface area contributed by atoms with Gasteiger partial charge in [0, 0.05) is 17.0 Å². The highest BCUT2D eigenvalue weighted by molar-refractivity contribution is 7.09. The van der Waals surface area contributed by atoms with E-state index in [1.54, 1.807) is 26.8 Å². The number of aryl methyl sites for hydroxylation is 1. The molecule has 5 nitrogen and oxygen atoms in total. The third kappa shape index (κ3) is 4.82. The molecule has 0 saturated heterocycles. The molecule has 1 aromatic heterocycles. The second-order valence-electron chi connectivity index (χ2n) is 5.11. The predicted octanol–water partition coefficient (Wildman–Crippen LogP) is 2.18. The van der Waals surface area contributed by atoms with Crippen LogP contribution >= 0.6 is 11.3 Å². The highest BCUT2D eigenvalue weighted by atomic mass is 32.1. The quantitative estimate of drug-likeness (QED) is 0.859. The smallest absolute Gasteiger partial charge is 0.323 e. The first-order chi connectivity index (χ1) is 8.70. The van der Waals surface area contributed by atoms with Crippen LogP contribution < -0.4 is 0 Å². The topological polar surface area (TPSA) is 70.5 Å². The lowest BCUT2D eigenvalue weighted by Crippen LogP contribution is -2.47. The molecule has 0 spiro atoms. The molecule has 0 atom stereocenters. The van der Waals surface area contributed by atoms with Gasteiger partial charge in [-0.1, -0.05) is 0 Å². The van der Waals surface area contributed by atoms with Gasteiger partial charge in [0.1, 0.15) is 6.54 Å². The van der Waals surface area contributed by atoms with E-state index in [4.69, 9.17) is 5.11 Å². The van der Waals surface area contributed by atoms with Crippen molar-refractivity contribution < 1.29 is 14.7 Å². The minimum absolute atomic E-state index is 0.317. The van der Waals surface area contributed by atoms with Crippen LogP contribution in [0.25, 0.3) is 6.08 Å². The zero-order chi connectivity index (χ0) is 14.6. The minimum atomic E-state index is -1.03. The fourth-order valence-corrected chi connectivity index (χ4v) is 2.06. The van der Waals surface area contributed by atoms with Crippen LogP contribution in [0.2, 0.25) is 0 Å². The molecule has 104 valence electrons. The van der Waals surface area contributed by atoms with E-state index in [1.807, 2.05) is 12.3 Å². The zero-order valence-electron chi connectivity index (χ0n) is 11.5. The van der Waals surface area contributed by atoms with Gasteiger partial charge in [-0.25, -0.2) is 4.98 Å². The van der Waals surface area contributed by atoms with Gasteiger partial charge in [0.05, 0.1) is 10.7 Å². The molecule has 1 aromatic rings. The van der Waals surface area contributed by atoms with Gasteiger partial charge in [-0.2, -0.15) is 0 Å². The summed E-state index contributed by atoms with van der Waals surface area (Å²) in [5, 5.41) is 11.6. The maximum atomic E-state index is 12.1. The number of aliphatic carboxylic acids is 1. The average molecular weight is 282 g/mol. The Bertz CT molecular complexity index is 500. The number of carboxylic acids is 1. The van der Waals surface area contributed by atoms with E-state index < -0.39 is 11.5 Å². The van der Waals surface area contributed by atoms with Gasteiger partial charge >= 0.3 is 5.97 Å². The number of amides is 1. The molecule has 1 N–H and O–H groups in total. The van der Waals surface area contributed by atoms with Gasteiger partial charge < -0.3 is 10.0 Å². The van der Waals surface area contributed by atoms with Crippen molar-refractivity contribution in [2.45, 2.75) is 33.2 Å². The van der Waals surface area contributed by atoms with Crippen LogP contribution in [0.1, 0.15) is 31.5 Å². The van der Waals surface area contributed by atoms with Crippen LogP contribution in [-0.4, -0.2) is 39.0 Å². The van der Waals surface area contributed by atoms with Crippen molar-refractivity contribution in [3.05, 3.63) is 22.2 Å². The standard InChI is InChI=1S/C13H18N2O3S/c1-9-14-10(8-19-9)5-6-11(16)15(7-12(17)18)13(2,3)4/h5-6,8H,7H2,1-4H3,(H,17,18). The molecule has 1 amide bonds. The first kappa shape index (κ1) is 15.4. The summed E-state index contributed by atoms with van der Waals surface area (Å²) >= 11 is 1.50. The lowest BCUT2D eigenvalue weighted by Gasteiger charge is -2.33. The fraction of sp³-hybridized carbons (Fsp3) is 0.462. The number of nitrogens with zero attached hydrogens (tertiary/aromatic N) is 2. The van der Waals surface area contributed by atoms with E-state index in [0.717, 1.165) is 5.01 Å². The molecule has 0 aliphatic carbocycles. The SMILES string of the molecule is Cc1nc(C=CC(=O)N(CC(=O)O)C(C)(C)C)cs1. The number of aromatic nitrogens is 1. The largest absolute Gasteiger partial charge is 0.480 e. The molecule has 0 unspecified atom stereocenters. The van der Waals surface area contributed by atoms with Crippen LogP contribution in [0.15, 0.2) is 11.5 Å². The Morgan fingerprint density at radius 1 is 1.47 bits per heavy atom. The highest BCUT2D eigenvalue weighted by Crippen LogP contribution is 2.15. The molecule has 0 aliphatic rings. The van der Waals surface area contributed by atoms with Gasteiger partial charge in [-0.05, 0) is 33.8 Å². The molecule has 1 heterocycles. The van der Waals surface area contributed by atoms with Crippen LogP contribution in [0.3, 0.4) is 0 Å². The summed E-state index contributed by atoms with van der Waals surface area (Å²) in [4.78, 5) is 28.4. The summed E-state index contributed by atoms with van der Waals surface area (Å²) in [7, 11) is 0. The molecular weight excluding hydrogens is 264 g/mol. The summed E-state index contributed by atoms with van der Waals surface area (Å²) in [6.07, 6.45) is 2.97. The Balaban J connectivity index is 2.83. The Kier molecular flexibility index (Phi) is 4.83. The van der Waals surface area contributed by atoms with Crippen LogP contribution in [-0.2, 0) is 9.59 Å². The lowest BCUT2D eigenvalue weighted by atomic mass is 10.1. The van der Waals surface area contributed by atoms with Gasteiger partial charge in [-0.3, -0.25) is 9.59 Å². The highest BCUT2D eigenvalue weighted by Gasteiger charge is 2.26. The van der Waals surface area contributed by atoms with Crippen LogP contribution in [0.4, 0.5) is 0 Å². The molecule has 0 saturated carbocycles. The summed E-state index contributed by atoms with van der Waals surface area (Å²) in [6, 6.07) is 0. The average Bonchev–Trinajstić information content (AvgIpc) is 2.67. The predicted molar refractivity (Wildman–Crippen MR) is 75.0 cm³/mol. The van der Waals surface area contributed by atoms with E-state index in [0.29, 0.717) is 5.69 Å². The van der Waals surface area contributed by atoms with Gasteiger partial charge in [0.15, 0.2) is 0 Å². The Morgan fingerprint density at radius 2 is 2.11 bits per heavy atom. The van der Waals surface area contributed by atoms with Gasteiger partial charge in [0.25, 0.3) is 0 Å². The van der Waals surface area contributed by atoms with Crippen molar-refractivity contribution >= 4 is 29.3 Å². The second kappa shape index (κ2) is 5.97. The summed E-state index contributed by atoms with van der Waals surface area (Å²) < 4.78 is 0. The molecule has 0 bridgehead atoms. The lowest BCUT2D eigenvalue weighted by molar-refractivity contribution is -0.145. The number of carbonyl (C=O) groups is 2. The second-order valence-corrected chi connectivity index (χ2v) is 6.18. The fourth-order valence-electron chi connectivity index (χ4n) is 1.48. The maximum absolute atomic E-state index is 12.1. The molecule has 0 aromatic carbocycles. The first-order valence-electron chi connectivity index (χ1n) is 5.84. The van der Waals surface area contributed by atoms with E-state index in [9.17, 15) is 9.59 Å². The van der Waals surface area contributed by atoms with Crippen molar-refractivity contribution in [1.82, 2.24) is 9.88 Å². The van der Waals surface area contributed by atoms with E-state index in [-0.39, 0.29) is 12.5 Å². The Morgan fingerprint density at radius 3 is 2.53 bits per heavy atom. The van der Waals surface area contributed by atoms with Crippen molar-refractivity contribution in [2.24, 2.45) is 0 Å². The number of hydrogen-bond acceptors (Lipinski definition) is 4. The maximum Gasteiger partial charge on any atom is 0.323 e. The summed E-state index contributed by atoms with van der Waals surface area (Å²) in [5.41, 5.74) is 0.165. The Hall–Kier alpha value is -1.69. The van der Waals surface area contributed by atoms with Crippen molar-refractivity contribution in [1.29, 1.82) is 0 Å². The molecule has 0 radical (unpaired) electrons. The monoisotopic (exact) mass is 282 g/mol. The number of hydrogen-bond donors (Lipinski definition) is 1. The summed E-state index contributed by atoms with van der Waals surface area (Å²) in [5.74, 6) is -1.36. The van der Waals surface area contributed by atoms with Crippen LogP contribution in [0, 0.1) is 6.92 Å². The third-order valence-corrected chi connectivity index (χ3v) is 3.19. The van der Waals surface area contributed by atoms with Gasteiger partial charge in [0.2, 0.25) is 5.91 Å². The molecule has 1 rings (SSSR count). The molecular formula is C13H18N2O3S. The number of carbonyl (C=O) groups excluding carboxylic acids is 1. The first-order valence-corrected chi connectivity index (χ1v) is 6.71. The molecule has 0 aliphatic heterocycles. The van der Waals surface area contributed by atoms with Crippen molar-refractivity contribution in [2.75, 3.05) is 6.54 Å². The Labute approximate surface area is 116 Å². The molecule has 19 heavy (non-hydrogen) atoms. The number of rotatable bonds is 4. The normalized spacial score (nSPS) is 11.8. The van der Waals surface area contributed by atoms with Crippen LogP contribution in [0.5, 0.6) is 0 Å². The third-order valence-electron chi connectivity index (χ3n) is 2.40. The van der Waals surface area contributed by atoms with E-state index in [1.165, 1.54) is 22.3 Å². The molecule has 0 fully saturated rings. The van der Waals surface area contributed by atoms with Gasteiger partial charge in [-0.15, -0.1) is 11.3 Å². The minimum Gasteiger partial charge on any atom is -0.480 e. The number of carboxylic acid groups (broad SMARTS) is 1. The number of thiazole rings is 1. The molecule has 6 heteroatoms. The summed E-state index contributed by atoms with van der Waals surface area (Å²) in [6.45, 7) is 6.97. The van der Waals surface area contributed by atoms with Crippen molar-refractivity contribution in [3.63, 3.8) is 0 Å². The van der Waals surface area contributed by atoms with E-state index >= 15 is 0 Å². The zero-order valence-corrected chi connectivity index (χ0v) is 12.3. The van der Waals surface area contributed by atoms with Crippen molar-refractivity contribution in [3.8, 4) is 0 Å².